The van der Waals surface area contributed by atoms with Gasteiger partial charge in [0, 0.05) is 15.4 Å². The predicted octanol–water partition coefficient (Wildman–Crippen LogP) is 3.31. The zero-order valence-electron chi connectivity index (χ0n) is 12.9. The van der Waals surface area contributed by atoms with E-state index in [0.29, 0.717) is 16.4 Å². The SMILES string of the molecule is CSc1nnnn1-c1cccc(NC(=O)c2cc(C)sc2C)c1. The molecule has 0 spiro atoms. The third-order valence-corrected chi connectivity index (χ3v) is 4.84. The van der Waals surface area contributed by atoms with Crippen LogP contribution in [0.2, 0.25) is 0 Å². The fraction of sp³-hybridized carbons (Fsp3) is 0.200. The first-order chi connectivity index (χ1) is 11.1. The van der Waals surface area contributed by atoms with Crippen molar-refractivity contribution >= 4 is 34.7 Å². The Balaban J connectivity index is 1.86. The summed E-state index contributed by atoms with van der Waals surface area (Å²) >= 11 is 3.08. The molecule has 0 aliphatic heterocycles. The van der Waals surface area contributed by atoms with Crippen LogP contribution >= 0.6 is 23.1 Å². The van der Waals surface area contributed by atoms with Crippen molar-refractivity contribution < 1.29 is 4.79 Å². The van der Waals surface area contributed by atoms with Crippen LogP contribution in [0.15, 0.2) is 35.5 Å². The molecule has 2 aromatic heterocycles. The molecule has 0 saturated heterocycles. The van der Waals surface area contributed by atoms with E-state index < -0.39 is 0 Å². The molecule has 3 rings (SSSR count). The number of carbonyl (C=O) groups is 1. The molecule has 0 saturated carbocycles. The first-order valence-electron chi connectivity index (χ1n) is 6.89. The number of anilines is 1. The summed E-state index contributed by atoms with van der Waals surface area (Å²) in [6, 6.07) is 9.36. The van der Waals surface area contributed by atoms with Gasteiger partial charge in [-0.2, -0.15) is 4.68 Å². The Hall–Kier alpha value is -2.19. The Bertz CT molecular complexity index is 855. The average Bonchev–Trinajstić information content (AvgIpc) is 3.13. The van der Waals surface area contributed by atoms with E-state index in [4.69, 9.17) is 0 Å². The minimum atomic E-state index is -0.106. The van der Waals surface area contributed by atoms with E-state index in [9.17, 15) is 4.79 Å². The second-order valence-electron chi connectivity index (χ2n) is 4.91. The summed E-state index contributed by atoms with van der Waals surface area (Å²) in [5.41, 5.74) is 2.22. The van der Waals surface area contributed by atoms with Gasteiger partial charge in [0.05, 0.1) is 11.3 Å². The summed E-state index contributed by atoms with van der Waals surface area (Å²) in [5.74, 6) is -0.106. The van der Waals surface area contributed by atoms with Crippen molar-refractivity contribution in [2.45, 2.75) is 19.0 Å². The highest BCUT2D eigenvalue weighted by molar-refractivity contribution is 7.98. The predicted molar refractivity (Wildman–Crippen MR) is 92.7 cm³/mol. The first-order valence-corrected chi connectivity index (χ1v) is 8.94. The molecule has 1 aromatic carbocycles. The van der Waals surface area contributed by atoms with Gasteiger partial charge >= 0.3 is 0 Å². The lowest BCUT2D eigenvalue weighted by Gasteiger charge is -2.08. The summed E-state index contributed by atoms with van der Waals surface area (Å²) in [6.07, 6.45) is 1.91. The fourth-order valence-corrected chi connectivity index (χ4v) is 3.59. The monoisotopic (exact) mass is 345 g/mol. The third kappa shape index (κ3) is 3.27. The molecule has 0 fully saturated rings. The maximum atomic E-state index is 12.4. The number of tetrazole rings is 1. The van der Waals surface area contributed by atoms with E-state index in [1.165, 1.54) is 11.8 Å². The Kier molecular flexibility index (Phi) is 4.44. The molecule has 23 heavy (non-hydrogen) atoms. The van der Waals surface area contributed by atoms with Gasteiger partial charge in [0.1, 0.15) is 0 Å². The summed E-state index contributed by atoms with van der Waals surface area (Å²) in [6.45, 7) is 3.95. The summed E-state index contributed by atoms with van der Waals surface area (Å²) < 4.78 is 1.64. The van der Waals surface area contributed by atoms with Gasteiger partial charge in [0.15, 0.2) is 0 Å². The molecule has 1 amide bonds. The number of nitrogens with zero attached hydrogens (tertiary/aromatic N) is 4. The van der Waals surface area contributed by atoms with Crippen LogP contribution in [0.5, 0.6) is 0 Å². The maximum absolute atomic E-state index is 12.4. The lowest BCUT2D eigenvalue weighted by Crippen LogP contribution is -2.12. The average molecular weight is 345 g/mol. The van der Waals surface area contributed by atoms with E-state index in [0.717, 1.165) is 15.4 Å². The van der Waals surface area contributed by atoms with Crippen molar-refractivity contribution in [3.8, 4) is 5.69 Å². The Morgan fingerprint density at radius 3 is 2.83 bits per heavy atom. The standard InChI is InChI=1S/C15H15N5OS2/c1-9-7-13(10(2)23-9)14(21)16-11-5-4-6-12(8-11)20-15(22-3)17-18-19-20/h4-8H,1-3H3,(H,16,21). The van der Waals surface area contributed by atoms with Gasteiger partial charge in [-0.3, -0.25) is 4.79 Å². The number of hydrogen-bond acceptors (Lipinski definition) is 6. The van der Waals surface area contributed by atoms with E-state index in [1.807, 2.05) is 50.4 Å². The van der Waals surface area contributed by atoms with Gasteiger partial charge < -0.3 is 5.32 Å². The summed E-state index contributed by atoms with van der Waals surface area (Å²) in [7, 11) is 0. The Labute approximate surface area is 141 Å². The van der Waals surface area contributed by atoms with Crippen LogP contribution in [-0.4, -0.2) is 32.4 Å². The minimum Gasteiger partial charge on any atom is -0.322 e. The van der Waals surface area contributed by atoms with E-state index >= 15 is 0 Å². The number of hydrogen-bond donors (Lipinski definition) is 1. The number of aryl methyl sites for hydroxylation is 2. The van der Waals surface area contributed by atoms with Gasteiger partial charge in [-0.25, -0.2) is 0 Å². The number of benzene rings is 1. The molecule has 0 bridgehead atoms. The number of rotatable bonds is 4. The highest BCUT2D eigenvalue weighted by Crippen LogP contribution is 2.23. The van der Waals surface area contributed by atoms with Crippen LogP contribution in [-0.2, 0) is 0 Å². The van der Waals surface area contributed by atoms with Crippen molar-refractivity contribution in [1.29, 1.82) is 0 Å². The Morgan fingerprint density at radius 2 is 2.13 bits per heavy atom. The highest BCUT2D eigenvalue weighted by Gasteiger charge is 2.13. The van der Waals surface area contributed by atoms with Crippen LogP contribution in [0.1, 0.15) is 20.1 Å². The highest BCUT2D eigenvalue weighted by atomic mass is 32.2. The number of aromatic nitrogens is 4. The number of nitrogens with one attached hydrogen (secondary N) is 1. The molecule has 8 heteroatoms. The van der Waals surface area contributed by atoms with Crippen molar-refractivity contribution in [1.82, 2.24) is 20.2 Å². The molecule has 0 aliphatic rings. The second kappa shape index (κ2) is 6.51. The molecule has 0 aliphatic carbocycles. The van der Waals surface area contributed by atoms with Crippen molar-refractivity contribution in [3.63, 3.8) is 0 Å². The number of amides is 1. The molecule has 2 heterocycles. The molecule has 0 unspecified atom stereocenters. The zero-order chi connectivity index (χ0) is 16.4. The van der Waals surface area contributed by atoms with Crippen LogP contribution < -0.4 is 5.32 Å². The smallest absolute Gasteiger partial charge is 0.256 e. The maximum Gasteiger partial charge on any atom is 0.256 e. The normalized spacial score (nSPS) is 10.7. The van der Waals surface area contributed by atoms with Crippen molar-refractivity contribution in [2.75, 3.05) is 11.6 Å². The first kappa shape index (κ1) is 15.7. The third-order valence-electron chi connectivity index (χ3n) is 3.26. The van der Waals surface area contributed by atoms with E-state index in [2.05, 4.69) is 20.8 Å². The van der Waals surface area contributed by atoms with Crippen LogP contribution in [0.3, 0.4) is 0 Å². The molecular formula is C15H15N5OS2. The number of carbonyl (C=O) groups excluding carboxylic acids is 1. The molecule has 1 N–H and O–H groups in total. The van der Waals surface area contributed by atoms with Crippen molar-refractivity contribution in [2.24, 2.45) is 0 Å². The van der Waals surface area contributed by atoms with E-state index in [1.54, 1.807) is 16.0 Å². The van der Waals surface area contributed by atoms with Crippen LogP contribution in [0, 0.1) is 13.8 Å². The molecule has 0 radical (unpaired) electrons. The Morgan fingerprint density at radius 1 is 1.30 bits per heavy atom. The van der Waals surface area contributed by atoms with Crippen LogP contribution in [0.25, 0.3) is 5.69 Å². The number of thiophene rings is 1. The van der Waals surface area contributed by atoms with Gasteiger partial charge in [-0.15, -0.1) is 16.4 Å². The van der Waals surface area contributed by atoms with Gasteiger partial charge in [0.25, 0.3) is 5.91 Å². The van der Waals surface area contributed by atoms with Gasteiger partial charge in [0.2, 0.25) is 5.16 Å². The van der Waals surface area contributed by atoms with Gasteiger partial charge in [-0.05, 0) is 54.8 Å². The quantitative estimate of drug-likeness (QED) is 0.734. The largest absolute Gasteiger partial charge is 0.322 e. The molecule has 6 nitrogen and oxygen atoms in total. The zero-order valence-corrected chi connectivity index (χ0v) is 14.5. The molecule has 118 valence electrons. The summed E-state index contributed by atoms with van der Waals surface area (Å²) in [5, 5.41) is 15.2. The lowest BCUT2D eigenvalue weighted by molar-refractivity contribution is 0.102. The minimum absolute atomic E-state index is 0.106. The molecule has 0 atom stereocenters. The van der Waals surface area contributed by atoms with Crippen molar-refractivity contribution in [3.05, 3.63) is 45.6 Å². The summed E-state index contributed by atoms with van der Waals surface area (Å²) in [4.78, 5) is 14.6. The molecular weight excluding hydrogens is 330 g/mol. The number of thioether (sulfide) groups is 1. The van der Waals surface area contributed by atoms with E-state index in [-0.39, 0.29) is 5.91 Å². The lowest BCUT2D eigenvalue weighted by atomic mass is 10.2. The molecule has 3 aromatic rings. The topological polar surface area (TPSA) is 72.7 Å². The second-order valence-corrected chi connectivity index (χ2v) is 7.14. The fourth-order valence-electron chi connectivity index (χ4n) is 2.24. The van der Waals surface area contributed by atoms with Crippen LogP contribution in [0.4, 0.5) is 5.69 Å². The van der Waals surface area contributed by atoms with Gasteiger partial charge in [-0.1, -0.05) is 17.8 Å².